The zero-order valence-corrected chi connectivity index (χ0v) is 16.2. The largest absolute Gasteiger partial charge is 0.348 e. The van der Waals surface area contributed by atoms with Crippen molar-refractivity contribution in [3.63, 3.8) is 0 Å². The van der Waals surface area contributed by atoms with E-state index in [0.717, 1.165) is 28.9 Å². The first kappa shape index (κ1) is 18.4. The van der Waals surface area contributed by atoms with Crippen LogP contribution in [0.1, 0.15) is 68.8 Å². The average Bonchev–Trinajstić information content (AvgIpc) is 2.91. The van der Waals surface area contributed by atoms with Crippen LogP contribution >= 0.6 is 0 Å². The smallest absolute Gasteiger partial charge is 0.262 e. The first-order chi connectivity index (χ1) is 13.4. The van der Waals surface area contributed by atoms with Crippen molar-refractivity contribution in [2.24, 2.45) is 0 Å². The number of imide groups is 1. The maximum absolute atomic E-state index is 12.5. The molecule has 0 bridgehead atoms. The standard InChI is InChI=1S/C23H24N2O3/c1-14-7-10-19-20(11-14)23(28)25(22(19)27)13-21(26)24-15(2)17-9-8-16-5-3-4-6-18(16)12-17/h7-12,15H,3-6,13H2,1-2H3,(H,24,26). The molecule has 0 spiro atoms. The van der Waals surface area contributed by atoms with Gasteiger partial charge in [-0.05, 0) is 68.4 Å². The topological polar surface area (TPSA) is 66.5 Å². The van der Waals surface area contributed by atoms with Gasteiger partial charge in [-0.25, -0.2) is 0 Å². The van der Waals surface area contributed by atoms with Crippen LogP contribution in [-0.4, -0.2) is 29.2 Å². The van der Waals surface area contributed by atoms with E-state index in [1.54, 1.807) is 18.2 Å². The number of fused-ring (bicyclic) bond motifs is 2. The number of carbonyl (C=O) groups excluding carboxylic acids is 3. The highest BCUT2D eigenvalue weighted by molar-refractivity contribution is 6.22. The molecule has 1 atom stereocenters. The Balaban J connectivity index is 1.43. The fourth-order valence-corrected chi connectivity index (χ4v) is 4.08. The summed E-state index contributed by atoms with van der Waals surface area (Å²) in [5, 5.41) is 2.92. The van der Waals surface area contributed by atoms with Crippen molar-refractivity contribution in [3.05, 3.63) is 69.8 Å². The molecule has 2 aliphatic rings. The Morgan fingerprint density at radius 3 is 2.50 bits per heavy atom. The minimum absolute atomic E-state index is 0.183. The van der Waals surface area contributed by atoms with Crippen molar-refractivity contribution in [3.8, 4) is 0 Å². The first-order valence-electron chi connectivity index (χ1n) is 9.82. The fraction of sp³-hybridized carbons (Fsp3) is 0.348. The number of aryl methyl sites for hydroxylation is 3. The lowest BCUT2D eigenvalue weighted by molar-refractivity contribution is -0.122. The predicted molar refractivity (Wildman–Crippen MR) is 106 cm³/mol. The van der Waals surface area contributed by atoms with Gasteiger partial charge in [-0.1, -0.05) is 29.8 Å². The fourth-order valence-electron chi connectivity index (χ4n) is 4.08. The molecule has 0 aromatic heterocycles. The van der Waals surface area contributed by atoms with Gasteiger partial charge in [-0.2, -0.15) is 0 Å². The van der Waals surface area contributed by atoms with Gasteiger partial charge in [-0.3, -0.25) is 19.3 Å². The van der Waals surface area contributed by atoms with Crippen molar-refractivity contribution in [2.75, 3.05) is 6.54 Å². The molecule has 1 unspecified atom stereocenters. The predicted octanol–water partition coefficient (Wildman–Crippen LogP) is 3.35. The summed E-state index contributed by atoms with van der Waals surface area (Å²) >= 11 is 0. The first-order valence-corrected chi connectivity index (χ1v) is 9.82. The third-order valence-corrected chi connectivity index (χ3v) is 5.68. The third-order valence-electron chi connectivity index (χ3n) is 5.68. The van der Waals surface area contributed by atoms with Crippen molar-refractivity contribution in [1.82, 2.24) is 10.2 Å². The Hall–Kier alpha value is -2.95. The second-order valence-corrected chi connectivity index (χ2v) is 7.77. The van der Waals surface area contributed by atoms with Gasteiger partial charge < -0.3 is 5.32 Å². The zero-order chi connectivity index (χ0) is 19.8. The second kappa shape index (κ2) is 7.23. The molecule has 1 aliphatic heterocycles. The molecule has 2 aromatic carbocycles. The monoisotopic (exact) mass is 376 g/mol. The molecule has 5 nitrogen and oxygen atoms in total. The van der Waals surface area contributed by atoms with Crippen molar-refractivity contribution < 1.29 is 14.4 Å². The van der Waals surface area contributed by atoms with E-state index in [1.165, 1.54) is 24.0 Å². The minimum Gasteiger partial charge on any atom is -0.348 e. The van der Waals surface area contributed by atoms with Crippen LogP contribution in [0.25, 0.3) is 0 Å². The molecule has 3 amide bonds. The quantitative estimate of drug-likeness (QED) is 0.832. The molecule has 2 aromatic rings. The van der Waals surface area contributed by atoms with Crippen LogP contribution in [0.5, 0.6) is 0 Å². The van der Waals surface area contributed by atoms with Crippen LogP contribution in [0, 0.1) is 6.92 Å². The van der Waals surface area contributed by atoms with Gasteiger partial charge in [0.1, 0.15) is 6.54 Å². The van der Waals surface area contributed by atoms with Gasteiger partial charge >= 0.3 is 0 Å². The molecule has 1 N–H and O–H groups in total. The van der Waals surface area contributed by atoms with Crippen molar-refractivity contribution in [2.45, 2.75) is 45.6 Å². The van der Waals surface area contributed by atoms with Crippen molar-refractivity contribution >= 4 is 17.7 Å². The van der Waals surface area contributed by atoms with Gasteiger partial charge in [0.15, 0.2) is 0 Å². The summed E-state index contributed by atoms with van der Waals surface area (Å²) in [4.78, 5) is 38.6. The second-order valence-electron chi connectivity index (χ2n) is 7.77. The third kappa shape index (κ3) is 3.33. The molecule has 1 aliphatic carbocycles. The summed E-state index contributed by atoms with van der Waals surface area (Å²) in [5.41, 5.74) is 5.46. The lowest BCUT2D eigenvalue weighted by Gasteiger charge is -2.21. The Morgan fingerprint density at radius 2 is 1.71 bits per heavy atom. The van der Waals surface area contributed by atoms with Crippen LogP contribution in [0.2, 0.25) is 0 Å². The van der Waals surface area contributed by atoms with Gasteiger partial charge in [0.05, 0.1) is 17.2 Å². The molecule has 144 valence electrons. The number of amides is 3. The summed E-state index contributed by atoms with van der Waals surface area (Å²) < 4.78 is 0. The van der Waals surface area contributed by atoms with Crippen LogP contribution < -0.4 is 5.32 Å². The van der Waals surface area contributed by atoms with Gasteiger partial charge in [0.2, 0.25) is 5.91 Å². The number of hydrogen-bond donors (Lipinski definition) is 1. The van der Waals surface area contributed by atoms with Crippen LogP contribution in [0.3, 0.4) is 0 Å². The Labute approximate surface area is 164 Å². The summed E-state index contributed by atoms with van der Waals surface area (Å²) in [6, 6.07) is 11.3. The maximum atomic E-state index is 12.5. The Bertz CT molecular complexity index is 980. The average molecular weight is 376 g/mol. The summed E-state index contributed by atoms with van der Waals surface area (Å²) in [5.74, 6) is -1.15. The van der Waals surface area contributed by atoms with Gasteiger partial charge in [0.25, 0.3) is 11.8 Å². The Morgan fingerprint density at radius 1 is 1.00 bits per heavy atom. The molecule has 4 rings (SSSR count). The van der Waals surface area contributed by atoms with Crippen molar-refractivity contribution in [1.29, 1.82) is 0 Å². The highest BCUT2D eigenvalue weighted by Gasteiger charge is 2.36. The van der Waals surface area contributed by atoms with E-state index in [1.807, 2.05) is 13.8 Å². The van der Waals surface area contributed by atoms with Crippen LogP contribution in [0.4, 0.5) is 0 Å². The van der Waals surface area contributed by atoms with Crippen LogP contribution in [-0.2, 0) is 17.6 Å². The minimum atomic E-state index is -0.406. The number of hydrogen-bond acceptors (Lipinski definition) is 3. The molecular weight excluding hydrogens is 352 g/mol. The lowest BCUT2D eigenvalue weighted by Crippen LogP contribution is -2.41. The van der Waals surface area contributed by atoms with E-state index in [-0.39, 0.29) is 18.5 Å². The molecule has 0 saturated heterocycles. The zero-order valence-electron chi connectivity index (χ0n) is 16.2. The molecule has 0 fully saturated rings. The van der Waals surface area contributed by atoms with E-state index in [4.69, 9.17) is 0 Å². The van der Waals surface area contributed by atoms with Gasteiger partial charge in [-0.15, -0.1) is 0 Å². The van der Waals surface area contributed by atoms with E-state index in [0.29, 0.717) is 11.1 Å². The number of nitrogens with zero attached hydrogens (tertiary/aromatic N) is 1. The molecule has 0 saturated carbocycles. The van der Waals surface area contributed by atoms with E-state index >= 15 is 0 Å². The normalized spacial score (nSPS) is 16.6. The molecule has 1 heterocycles. The van der Waals surface area contributed by atoms with Crippen LogP contribution in [0.15, 0.2) is 36.4 Å². The summed E-state index contributed by atoms with van der Waals surface area (Å²) in [7, 11) is 0. The number of carbonyl (C=O) groups is 3. The van der Waals surface area contributed by atoms with Gasteiger partial charge in [0, 0.05) is 0 Å². The highest BCUT2D eigenvalue weighted by Crippen LogP contribution is 2.26. The maximum Gasteiger partial charge on any atom is 0.262 e. The molecule has 5 heteroatoms. The number of nitrogens with one attached hydrogen (secondary N) is 1. The molecule has 0 radical (unpaired) electrons. The highest BCUT2D eigenvalue weighted by atomic mass is 16.2. The molecular formula is C23H24N2O3. The Kier molecular flexibility index (Phi) is 4.75. The summed E-state index contributed by atoms with van der Waals surface area (Å²) in [6.45, 7) is 3.53. The summed E-state index contributed by atoms with van der Waals surface area (Å²) in [6.07, 6.45) is 4.64. The van der Waals surface area contributed by atoms with E-state index in [2.05, 4.69) is 23.5 Å². The molecule has 28 heavy (non-hydrogen) atoms. The number of rotatable bonds is 4. The number of benzene rings is 2. The van der Waals surface area contributed by atoms with E-state index < -0.39 is 11.8 Å². The lowest BCUT2D eigenvalue weighted by atomic mass is 9.89. The van der Waals surface area contributed by atoms with E-state index in [9.17, 15) is 14.4 Å². The SMILES string of the molecule is Cc1ccc2c(c1)C(=O)N(CC(=O)NC(C)c1ccc3c(c1)CCCC3)C2=O.